The molecule has 0 bridgehead atoms. The number of primary amides is 1. The first kappa shape index (κ1) is 18.4. The van der Waals surface area contributed by atoms with E-state index in [4.69, 9.17) is 10.8 Å². The van der Waals surface area contributed by atoms with Gasteiger partial charge in [0.2, 0.25) is 5.91 Å². The second kappa shape index (κ2) is 7.60. The number of hydrogen-bond acceptors (Lipinski definition) is 3. The molecule has 1 aromatic heterocycles. The molecule has 4 rings (SSSR count). The van der Waals surface area contributed by atoms with E-state index < -0.39 is 0 Å². The molecule has 1 aliphatic heterocycles. The maximum absolute atomic E-state index is 11.8. The molecule has 2 aromatic carbocycles. The van der Waals surface area contributed by atoms with Gasteiger partial charge in [0.25, 0.3) is 0 Å². The summed E-state index contributed by atoms with van der Waals surface area (Å²) in [4.78, 5) is 14.0. The number of carbonyl (C=O) groups is 1. The van der Waals surface area contributed by atoms with Crippen LogP contribution in [0.3, 0.4) is 0 Å². The van der Waals surface area contributed by atoms with Gasteiger partial charge in [0.05, 0.1) is 17.4 Å². The number of aryl methyl sites for hydroxylation is 2. The molecule has 1 amide bonds. The topological polar surface area (TPSA) is 64.2 Å². The summed E-state index contributed by atoms with van der Waals surface area (Å²) in [5, 5.41) is 4.94. The largest absolute Gasteiger partial charge is 0.368 e. The van der Waals surface area contributed by atoms with Gasteiger partial charge in [0.15, 0.2) is 0 Å². The van der Waals surface area contributed by atoms with Gasteiger partial charge in [-0.15, -0.1) is 0 Å². The van der Waals surface area contributed by atoms with Crippen molar-refractivity contribution in [3.05, 3.63) is 71.4 Å². The molecule has 3 aromatic rings. The summed E-state index contributed by atoms with van der Waals surface area (Å²) in [6.07, 6.45) is 3.93. The number of carbonyl (C=O) groups excluding carboxylic acids is 1. The summed E-state index contributed by atoms with van der Waals surface area (Å²) >= 11 is 0. The van der Waals surface area contributed by atoms with Crippen LogP contribution in [0.4, 0.5) is 0 Å². The van der Waals surface area contributed by atoms with Crippen molar-refractivity contribution in [1.82, 2.24) is 14.7 Å². The van der Waals surface area contributed by atoms with Crippen molar-refractivity contribution in [1.29, 1.82) is 0 Å². The van der Waals surface area contributed by atoms with Crippen molar-refractivity contribution in [3.8, 4) is 16.9 Å². The zero-order valence-corrected chi connectivity index (χ0v) is 16.4. The van der Waals surface area contributed by atoms with E-state index in [-0.39, 0.29) is 11.9 Å². The number of likely N-dealkylation sites (tertiary alicyclic amines) is 1. The van der Waals surface area contributed by atoms with Crippen LogP contribution in [-0.2, 0) is 11.3 Å². The molecule has 1 atom stereocenters. The van der Waals surface area contributed by atoms with Crippen LogP contribution in [0.2, 0.25) is 0 Å². The highest BCUT2D eigenvalue weighted by molar-refractivity contribution is 5.80. The van der Waals surface area contributed by atoms with E-state index in [2.05, 4.69) is 55.3 Å². The highest BCUT2D eigenvalue weighted by Gasteiger charge is 2.30. The molecule has 0 spiro atoms. The lowest BCUT2D eigenvalue weighted by atomic mass is 10.1. The quantitative estimate of drug-likeness (QED) is 0.742. The van der Waals surface area contributed by atoms with Crippen molar-refractivity contribution >= 4 is 5.91 Å². The van der Waals surface area contributed by atoms with Gasteiger partial charge in [-0.2, -0.15) is 5.10 Å². The molecule has 0 saturated carbocycles. The summed E-state index contributed by atoms with van der Waals surface area (Å²) in [6.45, 7) is 5.74. The lowest BCUT2D eigenvalue weighted by Gasteiger charge is -2.21. The van der Waals surface area contributed by atoms with Crippen LogP contribution < -0.4 is 5.73 Å². The maximum atomic E-state index is 11.8. The predicted molar refractivity (Wildman–Crippen MR) is 111 cm³/mol. The van der Waals surface area contributed by atoms with Crippen molar-refractivity contribution < 1.29 is 4.79 Å². The standard InChI is InChI=1S/C23H26N4O/c1-16-10-11-17(2)21(13-16)27-15-19(14-26-12-6-9-20(26)23(24)28)22(25-27)18-7-4-3-5-8-18/h3-5,7-8,10-11,13,15,20H,6,9,12,14H2,1-2H3,(H2,24,28)/t20-/m0/s1. The van der Waals surface area contributed by atoms with Gasteiger partial charge in [0, 0.05) is 23.9 Å². The third kappa shape index (κ3) is 3.58. The molecule has 0 unspecified atom stereocenters. The zero-order chi connectivity index (χ0) is 19.7. The Morgan fingerprint density at radius 2 is 1.96 bits per heavy atom. The van der Waals surface area contributed by atoms with E-state index in [1.807, 2.05) is 22.9 Å². The lowest BCUT2D eigenvalue weighted by Crippen LogP contribution is -2.39. The molecule has 144 valence electrons. The third-order valence-electron chi connectivity index (χ3n) is 5.51. The number of aromatic nitrogens is 2. The summed E-state index contributed by atoms with van der Waals surface area (Å²) < 4.78 is 1.97. The monoisotopic (exact) mass is 374 g/mol. The van der Waals surface area contributed by atoms with Crippen LogP contribution in [0.5, 0.6) is 0 Å². The van der Waals surface area contributed by atoms with Gasteiger partial charge in [0.1, 0.15) is 0 Å². The Kier molecular flexibility index (Phi) is 5.01. The Morgan fingerprint density at radius 3 is 2.71 bits per heavy atom. The first-order valence-electron chi connectivity index (χ1n) is 9.78. The van der Waals surface area contributed by atoms with Gasteiger partial charge in [-0.25, -0.2) is 4.68 Å². The molecule has 1 fully saturated rings. The Balaban J connectivity index is 1.77. The van der Waals surface area contributed by atoms with Crippen LogP contribution in [0, 0.1) is 13.8 Å². The first-order valence-corrected chi connectivity index (χ1v) is 9.78. The van der Waals surface area contributed by atoms with Crippen molar-refractivity contribution in [2.45, 2.75) is 39.3 Å². The van der Waals surface area contributed by atoms with E-state index in [0.717, 1.165) is 41.9 Å². The fraction of sp³-hybridized carbons (Fsp3) is 0.304. The zero-order valence-electron chi connectivity index (χ0n) is 16.4. The van der Waals surface area contributed by atoms with Gasteiger partial charge >= 0.3 is 0 Å². The first-order chi connectivity index (χ1) is 13.5. The van der Waals surface area contributed by atoms with Crippen LogP contribution in [0.15, 0.2) is 54.7 Å². The van der Waals surface area contributed by atoms with Crippen molar-refractivity contribution in [2.75, 3.05) is 6.54 Å². The molecule has 5 nitrogen and oxygen atoms in total. The fourth-order valence-corrected chi connectivity index (χ4v) is 4.01. The molecular formula is C23H26N4O. The average molecular weight is 374 g/mol. The predicted octanol–water partition coefficient (Wildman–Crippen LogP) is 3.61. The molecule has 1 saturated heterocycles. The Morgan fingerprint density at radius 1 is 1.18 bits per heavy atom. The summed E-state index contributed by atoms with van der Waals surface area (Å²) in [7, 11) is 0. The molecule has 1 aliphatic rings. The summed E-state index contributed by atoms with van der Waals surface area (Å²) in [5.74, 6) is -0.235. The van der Waals surface area contributed by atoms with Crippen molar-refractivity contribution in [2.24, 2.45) is 5.73 Å². The molecular weight excluding hydrogens is 348 g/mol. The number of nitrogens with zero attached hydrogens (tertiary/aromatic N) is 3. The minimum Gasteiger partial charge on any atom is -0.368 e. The number of nitrogens with two attached hydrogens (primary N) is 1. The Labute approximate surface area is 165 Å². The Bertz CT molecular complexity index is 993. The molecule has 28 heavy (non-hydrogen) atoms. The second-order valence-electron chi connectivity index (χ2n) is 7.63. The van der Waals surface area contributed by atoms with Gasteiger partial charge in [-0.3, -0.25) is 9.69 Å². The highest BCUT2D eigenvalue weighted by Crippen LogP contribution is 2.28. The molecule has 2 heterocycles. The van der Waals surface area contributed by atoms with E-state index in [1.165, 1.54) is 11.1 Å². The smallest absolute Gasteiger partial charge is 0.234 e. The van der Waals surface area contributed by atoms with Gasteiger partial charge in [-0.1, -0.05) is 42.5 Å². The number of hydrogen-bond donors (Lipinski definition) is 1. The molecule has 0 aliphatic carbocycles. The van der Waals surface area contributed by atoms with E-state index in [1.54, 1.807) is 0 Å². The minimum atomic E-state index is -0.235. The lowest BCUT2D eigenvalue weighted by molar-refractivity contribution is -0.122. The number of benzene rings is 2. The normalized spacial score (nSPS) is 17.1. The molecule has 5 heteroatoms. The summed E-state index contributed by atoms with van der Waals surface area (Å²) in [6, 6.07) is 16.4. The SMILES string of the molecule is Cc1ccc(C)c(-n2cc(CN3CCC[C@H]3C(N)=O)c(-c3ccccc3)n2)c1. The van der Waals surface area contributed by atoms with Crippen molar-refractivity contribution in [3.63, 3.8) is 0 Å². The molecule has 2 N–H and O–H groups in total. The molecule has 0 radical (unpaired) electrons. The average Bonchev–Trinajstić information content (AvgIpc) is 3.32. The maximum Gasteiger partial charge on any atom is 0.234 e. The fourth-order valence-electron chi connectivity index (χ4n) is 4.01. The Hall–Kier alpha value is -2.92. The van der Waals surface area contributed by atoms with Gasteiger partial charge in [-0.05, 0) is 50.4 Å². The number of amides is 1. The minimum absolute atomic E-state index is 0.187. The number of rotatable bonds is 5. The van der Waals surface area contributed by atoms with Crippen LogP contribution >= 0.6 is 0 Å². The second-order valence-corrected chi connectivity index (χ2v) is 7.63. The van der Waals surface area contributed by atoms with Crippen LogP contribution in [0.1, 0.15) is 29.5 Å². The van der Waals surface area contributed by atoms with E-state index >= 15 is 0 Å². The third-order valence-corrected chi connectivity index (χ3v) is 5.51. The van der Waals surface area contributed by atoms with Crippen LogP contribution in [0.25, 0.3) is 16.9 Å². The van der Waals surface area contributed by atoms with Gasteiger partial charge < -0.3 is 5.73 Å². The summed E-state index contributed by atoms with van der Waals surface area (Å²) in [5.41, 5.74) is 12.2. The van der Waals surface area contributed by atoms with E-state index in [0.29, 0.717) is 6.54 Å². The highest BCUT2D eigenvalue weighted by atomic mass is 16.1. The van der Waals surface area contributed by atoms with E-state index in [9.17, 15) is 4.79 Å². The van der Waals surface area contributed by atoms with Crippen LogP contribution in [-0.4, -0.2) is 33.2 Å².